The summed E-state index contributed by atoms with van der Waals surface area (Å²) in [5.74, 6) is -0.316. The van der Waals surface area contributed by atoms with Crippen molar-refractivity contribution in [2.24, 2.45) is 4.99 Å². The molecule has 1 aliphatic heterocycles. The molecule has 2 aromatic rings. The van der Waals surface area contributed by atoms with E-state index in [1.54, 1.807) is 30.3 Å². The normalized spacial score (nSPS) is 16.2. The quantitative estimate of drug-likeness (QED) is 0.564. The molecule has 0 unspecified atom stereocenters. The SMILES string of the molecule is C=N/C=C\c1ccc(C(=O)NCc2ccc(S(=O)(=O)C3CCN(CC(F)(F)F)CC3)cc2)[nH]1. The first kappa shape index (κ1) is 24.7. The second-order valence-corrected chi connectivity index (χ2v) is 10.0. The van der Waals surface area contributed by atoms with Crippen molar-refractivity contribution in [3.05, 3.63) is 59.5 Å². The van der Waals surface area contributed by atoms with Gasteiger partial charge in [-0.1, -0.05) is 12.1 Å². The lowest BCUT2D eigenvalue weighted by Crippen LogP contribution is -2.43. The first-order valence-electron chi connectivity index (χ1n) is 10.3. The molecule has 178 valence electrons. The van der Waals surface area contributed by atoms with Gasteiger partial charge in [-0.15, -0.1) is 0 Å². The molecule has 1 fully saturated rings. The molecule has 0 saturated carbocycles. The van der Waals surface area contributed by atoms with E-state index >= 15 is 0 Å². The van der Waals surface area contributed by atoms with Gasteiger partial charge in [-0.05, 0) is 68.6 Å². The van der Waals surface area contributed by atoms with Crippen LogP contribution in [0.1, 0.15) is 34.6 Å². The van der Waals surface area contributed by atoms with Gasteiger partial charge in [-0.25, -0.2) is 8.42 Å². The zero-order valence-corrected chi connectivity index (χ0v) is 18.6. The molecule has 1 saturated heterocycles. The summed E-state index contributed by atoms with van der Waals surface area (Å²) in [4.78, 5) is 20.2. The number of aromatic amines is 1. The molecule has 0 bridgehead atoms. The Bertz CT molecular complexity index is 1100. The Labute approximate surface area is 190 Å². The number of rotatable bonds is 8. The summed E-state index contributed by atoms with van der Waals surface area (Å²) in [6.07, 6.45) is -0.808. The van der Waals surface area contributed by atoms with Gasteiger partial charge in [0.15, 0.2) is 9.84 Å². The topological polar surface area (TPSA) is 94.6 Å². The minimum Gasteiger partial charge on any atom is -0.351 e. The van der Waals surface area contributed by atoms with E-state index in [0.717, 1.165) is 0 Å². The Morgan fingerprint density at radius 1 is 1.18 bits per heavy atom. The van der Waals surface area contributed by atoms with Gasteiger partial charge in [0.25, 0.3) is 5.91 Å². The number of aliphatic imine (C=N–C) groups is 1. The number of alkyl halides is 3. The summed E-state index contributed by atoms with van der Waals surface area (Å²) in [5, 5.41) is 2.04. The number of H-pyrrole nitrogens is 1. The molecule has 0 atom stereocenters. The van der Waals surface area contributed by atoms with Crippen LogP contribution in [0.25, 0.3) is 6.08 Å². The first-order chi connectivity index (χ1) is 15.6. The van der Waals surface area contributed by atoms with Crippen LogP contribution in [0.3, 0.4) is 0 Å². The third kappa shape index (κ3) is 6.78. The van der Waals surface area contributed by atoms with Gasteiger partial charge < -0.3 is 10.3 Å². The van der Waals surface area contributed by atoms with Gasteiger partial charge in [-0.3, -0.25) is 14.7 Å². The fraction of sp³-hybridized carbons (Fsp3) is 0.364. The average molecular weight is 483 g/mol. The molecular formula is C22H25F3N4O3S. The molecule has 2 N–H and O–H groups in total. The van der Waals surface area contributed by atoms with Gasteiger partial charge in [0.05, 0.1) is 16.7 Å². The Morgan fingerprint density at radius 2 is 1.85 bits per heavy atom. The maximum Gasteiger partial charge on any atom is 0.401 e. The molecule has 0 aliphatic carbocycles. The summed E-state index contributed by atoms with van der Waals surface area (Å²) >= 11 is 0. The summed E-state index contributed by atoms with van der Waals surface area (Å²) in [6.45, 7) is 2.70. The number of aromatic nitrogens is 1. The van der Waals surface area contributed by atoms with E-state index < -0.39 is 27.8 Å². The van der Waals surface area contributed by atoms with E-state index in [-0.39, 0.29) is 43.3 Å². The molecule has 33 heavy (non-hydrogen) atoms. The van der Waals surface area contributed by atoms with Gasteiger partial charge in [0.2, 0.25) is 0 Å². The van der Waals surface area contributed by atoms with Crippen LogP contribution < -0.4 is 5.32 Å². The number of hydrogen-bond donors (Lipinski definition) is 2. The summed E-state index contributed by atoms with van der Waals surface area (Å²) < 4.78 is 63.4. The van der Waals surface area contributed by atoms with Crippen LogP contribution in [0, 0.1) is 0 Å². The Kier molecular flexibility index (Phi) is 7.75. The summed E-state index contributed by atoms with van der Waals surface area (Å²) in [5.41, 5.74) is 1.78. The molecule has 1 aromatic carbocycles. The van der Waals surface area contributed by atoms with Crippen molar-refractivity contribution < 1.29 is 26.4 Å². The molecule has 1 aromatic heterocycles. The molecule has 1 aliphatic rings. The summed E-state index contributed by atoms with van der Waals surface area (Å²) in [7, 11) is -3.64. The maximum atomic E-state index is 12.9. The van der Waals surface area contributed by atoms with Crippen LogP contribution in [0.4, 0.5) is 13.2 Å². The van der Waals surface area contributed by atoms with E-state index in [4.69, 9.17) is 0 Å². The van der Waals surface area contributed by atoms with Crippen molar-refractivity contribution in [1.82, 2.24) is 15.2 Å². The highest BCUT2D eigenvalue weighted by Crippen LogP contribution is 2.27. The van der Waals surface area contributed by atoms with E-state index in [9.17, 15) is 26.4 Å². The molecule has 1 amide bonds. The van der Waals surface area contributed by atoms with Gasteiger partial charge >= 0.3 is 6.18 Å². The first-order valence-corrected chi connectivity index (χ1v) is 11.8. The largest absolute Gasteiger partial charge is 0.401 e. The highest BCUT2D eigenvalue weighted by atomic mass is 32.2. The third-order valence-electron chi connectivity index (χ3n) is 5.39. The standard InChI is InChI=1S/C22H25F3N4O3S/c1-26-11-8-17-4-7-20(28-17)21(30)27-14-16-2-5-18(6-3-16)33(31,32)19-9-12-29(13-10-19)15-22(23,24)25/h2-8,11,19,28H,1,9-10,12-15H2,(H,27,30)/b11-8-. The van der Waals surface area contributed by atoms with Crippen molar-refractivity contribution in [3.8, 4) is 0 Å². The molecule has 0 radical (unpaired) electrons. The molecule has 2 heterocycles. The van der Waals surface area contributed by atoms with E-state index in [0.29, 0.717) is 17.0 Å². The Balaban J connectivity index is 1.55. The minimum absolute atomic E-state index is 0.0911. The lowest BCUT2D eigenvalue weighted by Gasteiger charge is -2.32. The number of piperidine rings is 1. The predicted octanol–water partition coefficient (Wildman–Crippen LogP) is 3.42. The minimum atomic E-state index is -4.29. The monoisotopic (exact) mass is 482 g/mol. The molecule has 7 nitrogen and oxygen atoms in total. The fourth-order valence-corrected chi connectivity index (χ4v) is 5.40. The van der Waals surface area contributed by atoms with Crippen LogP contribution in [0.15, 0.2) is 52.5 Å². The lowest BCUT2D eigenvalue weighted by molar-refractivity contribution is -0.147. The number of nitrogens with one attached hydrogen (secondary N) is 2. The van der Waals surface area contributed by atoms with Crippen molar-refractivity contribution in [2.75, 3.05) is 19.6 Å². The number of likely N-dealkylation sites (tertiary alicyclic amines) is 1. The van der Waals surface area contributed by atoms with Gasteiger partial charge in [-0.2, -0.15) is 13.2 Å². The van der Waals surface area contributed by atoms with Crippen LogP contribution in [0.5, 0.6) is 0 Å². The van der Waals surface area contributed by atoms with Crippen molar-refractivity contribution >= 4 is 28.5 Å². The van der Waals surface area contributed by atoms with Crippen molar-refractivity contribution in [1.29, 1.82) is 0 Å². The van der Waals surface area contributed by atoms with Crippen LogP contribution in [0.2, 0.25) is 0 Å². The van der Waals surface area contributed by atoms with Crippen LogP contribution in [-0.4, -0.2) is 62.0 Å². The number of carbonyl (C=O) groups excluding carboxylic acids is 1. The number of amides is 1. The zero-order chi connectivity index (χ0) is 24.1. The molecular weight excluding hydrogens is 457 g/mol. The van der Waals surface area contributed by atoms with Crippen LogP contribution in [-0.2, 0) is 16.4 Å². The third-order valence-corrected chi connectivity index (χ3v) is 7.67. The Morgan fingerprint density at radius 3 is 2.45 bits per heavy atom. The number of carbonyl (C=O) groups is 1. The smallest absolute Gasteiger partial charge is 0.351 e. The van der Waals surface area contributed by atoms with E-state index in [2.05, 4.69) is 22.0 Å². The van der Waals surface area contributed by atoms with Crippen LogP contribution >= 0.6 is 0 Å². The molecule has 11 heteroatoms. The second-order valence-electron chi connectivity index (χ2n) is 7.79. The van der Waals surface area contributed by atoms with E-state index in [1.165, 1.54) is 23.2 Å². The summed E-state index contributed by atoms with van der Waals surface area (Å²) in [6, 6.07) is 9.53. The molecule has 3 rings (SSSR count). The number of halogens is 3. The molecule has 0 spiro atoms. The number of nitrogens with zero attached hydrogens (tertiary/aromatic N) is 2. The Hall–Kier alpha value is -2.92. The number of hydrogen-bond acceptors (Lipinski definition) is 5. The fourth-order valence-electron chi connectivity index (χ4n) is 3.67. The number of benzene rings is 1. The predicted molar refractivity (Wildman–Crippen MR) is 120 cm³/mol. The number of sulfone groups is 1. The maximum absolute atomic E-state index is 12.9. The van der Waals surface area contributed by atoms with Gasteiger partial charge in [0.1, 0.15) is 5.69 Å². The lowest BCUT2D eigenvalue weighted by atomic mass is 10.1. The second kappa shape index (κ2) is 10.3. The highest BCUT2D eigenvalue weighted by molar-refractivity contribution is 7.92. The van der Waals surface area contributed by atoms with Crippen molar-refractivity contribution in [3.63, 3.8) is 0 Å². The van der Waals surface area contributed by atoms with E-state index in [1.807, 2.05) is 0 Å². The zero-order valence-electron chi connectivity index (χ0n) is 17.8. The highest BCUT2D eigenvalue weighted by Gasteiger charge is 2.36. The average Bonchev–Trinajstić information content (AvgIpc) is 3.25. The van der Waals surface area contributed by atoms with Gasteiger partial charge in [0, 0.05) is 18.4 Å². The van der Waals surface area contributed by atoms with Crippen molar-refractivity contribution in [2.45, 2.75) is 35.7 Å².